The summed E-state index contributed by atoms with van der Waals surface area (Å²) in [6, 6.07) is 0.799. The van der Waals surface area contributed by atoms with E-state index in [1.54, 1.807) is 0 Å². The second kappa shape index (κ2) is 10.3. The fourth-order valence-electron chi connectivity index (χ4n) is 4.52. The Morgan fingerprint density at radius 1 is 1.04 bits per heavy atom. The van der Waals surface area contributed by atoms with Crippen LogP contribution in [0, 0.1) is 5.92 Å². The van der Waals surface area contributed by atoms with E-state index in [9.17, 15) is 9.59 Å². The van der Waals surface area contributed by atoms with Crippen LogP contribution in [-0.4, -0.2) is 54.0 Å². The van der Waals surface area contributed by atoms with Crippen LogP contribution in [0.25, 0.3) is 0 Å². The van der Waals surface area contributed by atoms with Gasteiger partial charge >= 0.3 is 12.2 Å². The van der Waals surface area contributed by atoms with Crippen molar-refractivity contribution in [2.75, 3.05) is 13.1 Å². The second-order valence-electron chi connectivity index (χ2n) is 9.32. The van der Waals surface area contributed by atoms with Gasteiger partial charge in [0, 0.05) is 18.6 Å². The standard InChI is InChI=1S/C21H39N3O4/c1-5-24(14-15-6-12-18(13-7-15)27-19(22)25)17-10-8-16(9-11-17)23-20(26)28-21(2,3)4/h15-18H,5-14H2,1-4H3,(H2,22,25)(H,23,26). The third-order valence-corrected chi connectivity index (χ3v) is 5.91. The van der Waals surface area contributed by atoms with E-state index in [2.05, 4.69) is 17.1 Å². The fourth-order valence-corrected chi connectivity index (χ4v) is 4.52. The SMILES string of the molecule is CCN(CC1CCC(OC(N)=O)CC1)C1CCC(NC(=O)OC(C)(C)C)CC1. The van der Waals surface area contributed by atoms with Crippen LogP contribution in [0.15, 0.2) is 0 Å². The number of nitrogens with one attached hydrogen (secondary N) is 1. The van der Waals surface area contributed by atoms with E-state index in [-0.39, 0.29) is 18.2 Å². The number of rotatable bonds is 6. The van der Waals surface area contributed by atoms with Crippen molar-refractivity contribution in [2.45, 2.75) is 103 Å². The first kappa shape index (κ1) is 22.8. The molecule has 0 saturated heterocycles. The summed E-state index contributed by atoms with van der Waals surface area (Å²) in [6.45, 7) is 10.0. The molecule has 7 heteroatoms. The second-order valence-corrected chi connectivity index (χ2v) is 9.32. The molecule has 0 radical (unpaired) electrons. The summed E-state index contributed by atoms with van der Waals surface area (Å²) < 4.78 is 10.5. The van der Waals surface area contributed by atoms with Gasteiger partial charge in [-0.1, -0.05) is 6.92 Å². The third-order valence-electron chi connectivity index (χ3n) is 5.91. The zero-order chi connectivity index (χ0) is 20.7. The highest BCUT2D eigenvalue weighted by atomic mass is 16.6. The van der Waals surface area contributed by atoms with Crippen molar-refractivity contribution < 1.29 is 19.1 Å². The lowest BCUT2D eigenvalue weighted by atomic mass is 9.85. The summed E-state index contributed by atoms with van der Waals surface area (Å²) in [5.74, 6) is 0.658. The maximum Gasteiger partial charge on any atom is 0.407 e. The molecule has 0 aromatic rings. The molecule has 2 fully saturated rings. The van der Waals surface area contributed by atoms with E-state index < -0.39 is 11.7 Å². The quantitative estimate of drug-likeness (QED) is 0.711. The fraction of sp³-hybridized carbons (Fsp3) is 0.905. The first-order valence-corrected chi connectivity index (χ1v) is 10.9. The molecule has 0 aliphatic heterocycles. The lowest BCUT2D eigenvalue weighted by Crippen LogP contribution is -2.46. The zero-order valence-corrected chi connectivity index (χ0v) is 18.0. The molecule has 2 amide bonds. The highest BCUT2D eigenvalue weighted by molar-refractivity contribution is 5.68. The summed E-state index contributed by atoms with van der Waals surface area (Å²) in [6.07, 6.45) is 7.25. The van der Waals surface area contributed by atoms with E-state index in [0.717, 1.165) is 64.5 Å². The molecule has 0 unspecified atom stereocenters. The predicted octanol–water partition coefficient (Wildman–Crippen LogP) is 3.80. The van der Waals surface area contributed by atoms with Crippen LogP contribution in [-0.2, 0) is 9.47 Å². The molecule has 7 nitrogen and oxygen atoms in total. The number of carbonyl (C=O) groups excluding carboxylic acids is 2. The molecular formula is C21H39N3O4. The number of hydrogen-bond acceptors (Lipinski definition) is 5. The minimum absolute atomic E-state index is 0.00167. The third kappa shape index (κ3) is 7.86. The molecule has 3 N–H and O–H groups in total. The summed E-state index contributed by atoms with van der Waals surface area (Å²) in [5, 5.41) is 3.02. The van der Waals surface area contributed by atoms with Crippen molar-refractivity contribution in [1.82, 2.24) is 10.2 Å². The molecule has 0 atom stereocenters. The van der Waals surface area contributed by atoms with Crippen molar-refractivity contribution in [3.63, 3.8) is 0 Å². The molecule has 2 rings (SSSR count). The molecule has 2 aliphatic rings. The maximum absolute atomic E-state index is 12.0. The average molecular weight is 398 g/mol. The van der Waals surface area contributed by atoms with E-state index >= 15 is 0 Å². The van der Waals surface area contributed by atoms with Gasteiger partial charge < -0.3 is 25.4 Å². The van der Waals surface area contributed by atoms with Gasteiger partial charge in [-0.2, -0.15) is 0 Å². The Labute approximate surface area is 169 Å². The zero-order valence-electron chi connectivity index (χ0n) is 18.0. The molecule has 0 bridgehead atoms. The molecule has 0 spiro atoms. The van der Waals surface area contributed by atoms with Gasteiger partial charge in [0.25, 0.3) is 0 Å². The van der Waals surface area contributed by atoms with E-state index in [4.69, 9.17) is 15.2 Å². The smallest absolute Gasteiger partial charge is 0.407 e. The van der Waals surface area contributed by atoms with Crippen LogP contribution in [0.1, 0.15) is 79.1 Å². The number of ether oxygens (including phenoxy) is 2. The number of carbonyl (C=O) groups is 2. The molecule has 28 heavy (non-hydrogen) atoms. The monoisotopic (exact) mass is 397 g/mol. The minimum Gasteiger partial charge on any atom is -0.446 e. The Bertz CT molecular complexity index is 504. The van der Waals surface area contributed by atoms with Crippen molar-refractivity contribution >= 4 is 12.2 Å². The normalized spacial score (nSPS) is 28.6. The Balaban J connectivity index is 1.72. The number of primary amides is 1. The number of nitrogens with two attached hydrogens (primary N) is 1. The molecule has 0 aromatic heterocycles. The Hall–Kier alpha value is -1.50. The van der Waals surface area contributed by atoms with Crippen molar-refractivity contribution in [3.05, 3.63) is 0 Å². The highest BCUT2D eigenvalue weighted by Crippen LogP contribution is 2.30. The van der Waals surface area contributed by atoms with Crippen molar-refractivity contribution in [2.24, 2.45) is 11.7 Å². The number of hydrogen-bond donors (Lipinski definition) is 2. The first-order chi connectivity index (χ1) is 13.2. The van der Waals surface area contributed by atoms with E-state index in [0.29, 0.717) is 12.0 Å². The van der Waals surface area contributed by atoms with Crippen molar-refractivity contribution in [3.8, 4) is 0 Å². The van der Waals surface area contributed by atoms with Gasteiger partial charge in [-0.15, -0.1) is 0 Å². The van der Waals surface area contributed by atoms with Crippen LogP contribution in [0.3, 0.4) is 0 Å². The molecule has 0 heterocycles. The molecule has 2 aliphatic carbocycles. The predicted molar refractivity (Wildman–Crippen MR) is 109 cm³/mol. The average Bonchev–Trinajstić information content (AvgIpc) is 2.60. The Kier molecular flexibility index (Phi) is 8.40. The summed E-state index contributed by atoms with van der Waals surface area (Å²) in [4.78, 5) is 25.5. The van der Waals surface area contributed by atoms with Gasteiger partial charge in [-0.05, 0) is 84.6 Å². The summed E-state index contributed by atoms with van der Waals surface area (Å²) in [5.41, 5.74) is 4.67. The van der Waals surface area contributed by atoms with Crippen LogP contribution in [0.5, 0.6) is 0 Å². The van der Waals surface area contributed by atoms with E-state index in [1.165, 1.54) is 0 Å². The molecular weight excluding hydrogens is 358 g/mol. The number of amides is 2. The first-order valence-electron chi connectivity index (χ1n) is 10.9. The lowest BCUT2D eigenvalue weighted by molar-refractivity contribution is 0.0447. The Morgan fingerprint density at radius 2 is 1.64 bits per heavy atom. The van der Waals surface area contributed by atoms with Gasteiger partial charge in [0.2, 0.25) is 0 Å². The van der Waals surface area contributed by atoms with Crippen LogP contribution >= 0.6 is 0 Å². The summed E-state index contributed by atoms with van der Waals surface area (Å²) in [7, 11) is 0. The van der Waals surface area contributed by atoms with Crippen LogP contribution in [0.4, 0.5) is 9.59 Å². The van der Waals surface area contributed by atoms with Crippen molar-refractivity contribution in [1.29, 1.82) is 0 Å². The number of nitrogens with zero attached hydrogens (tertiary/aromatic N) is 1. The van der Waals surface area contributed by atoms with Gasteiger partial charge in [-0.3, -0.25) is 0 Å². The molecule has 0 aromatic carbocycles. The summed E-state index contributed by atoms with van der Waals surface area (Å²) >= 11 is 0. The van der Waals surface area contributed by atoms with E-state index in [1.807, 2.05) is 20.8 Å². The van der Waals surface area contributed by atoms with Crippen LogP contribution in [0.2, 0.25) is 0 Å². The topological polar surface area (TPSA) is 93.9 Å². The van der Waals surface area contributed by atoms with Crippen LogP contribution < -0.4 is 11.1 Å². The number of alkyl carbamates (subject to hydrolysis) is 1. The highest BCUT2D eigenvalue weighted by Gasteiger charge is 2.30. The Morgan fingerprint density at radius 3 is 2.14 bits per heavy atom. The largest absolute Gasteiger partial charge is 0.446 e. The van der Waals surface area contributed by atoms with Gasteiger partial charge in [0.1, 0.15) is 11.7 Å². The molecule has 162 valence electrons. The van der Waals surface area contributed by atoms with Gasteiger partial charge in [-0.25, -0.2) is 9.59 Å². The minimum atomic E-state index is -0.657. The van der Waals surface area contributed by atoms with Gasteiger partial charge in [0.15, 0.2) is 0 Å². The lowest BCUT2D eigenvalue weighted by Gasteiger charge is -2.39. The molecule has 2 saturated carbocycles. The van der Waals surface area contributed by atoms with Gasteiger partial charge in [0.05, 0.1) is 0 Å². The maximum atomic E-state index is 12.0.